The van der Waals surface area contributed by atoms with E-state index in [2.05, 4.69) is 20.8 Å². The first-order valence-electron chi connectivity index (χ1n) is 5.65. The topological polar surface area (TPSA) is 63.7 Å². The van der Waals surface area contributed by atoms with Gasteiger partial charge in [-0.2, -0.15) is 13.2 Å². The van der Waals surface area contributed by atoms with Crippen LogP contribution in [0, 0.1) is 0 Å². The van der Waals surface area contributed by atoms with Crippen molar-refractivity contribution in [3.63, 3.8) is 0 Å². The van der Waals surface area contributed by atoms with Crippen LogP contribution < -0.4 is 0 Å². The quantitative estimate of drug-likeness (QED) is 0.756. The lowest BCUT2D eigenvalue weighted by molar-refractivity contribution is -0.172. The van der Waals surface area contributed by atoms with Crippen molar-refractivity contribution in [3.8, 4) is 0 Å². The van der Waals surface area contributed by atoms with Crippen molar-refractivity contribution in [2.45, 2.75) is 19.0 Å². The van der Waals surface area contributed by atoms with Crippen molar-refractivity contribution in [2.24, 2.45) is 0 Å². The molecule has 1 aliphatic heterocycles. The van der Waals surface area contributed by atoms with Crippen LogP contribution in [0.4, 0.5) is 13.2 Å². The molecule has 0 aromatic heterocycles. The summed E-state index contributed by atoms with van der Waals surface area (Å²) in [5, 5.41) is 0.273. The molecule has 1 fully saturated rings. The zero-order chi connectivity index (χ0) is 15.8. The highest BCUT2D eigenvalue weighted by Gasteiger charge is 2.37. The minimum atomic E-state index is -4.66. The summed E-state index contributed by atoms with van der Waals surface area (Å²) >= 11 is 2.69. The summed E-state index contributed by atoms with van der Waals surface area (Å²) in [6.07, 6.45) is -4.86. The van der Waals surface area contributed by atoms with Crippen LogP contribution in [-0.2, 0) is 20.6 Å². The van der Waals surface area contributed by atoms with Crippen molar-refractivity contribution >= 4 is 33.7 Å². The minimum Gasteiger partial charge on any atom is -0.325 e. The van der Waals surface area contributed by atoms with Crippen LogP contribution in [-0.4, -0.2) is 22.8 Å². The van der Waals surface area contributed by atoms with Gasteiger partial charge in [0.1, 0.15) is 0 Å². The molecule has 0 bridgehead atoms. The lowest BCUT2D eigenvalue weighted by atomic mass is 10.1. The largest absolute Gasteiger partial charge is 0.417 e. The highest BCUT2D eigenvalue weighted by molar-refractivity contribution is 9.10. The van der Waals surface area contributed by atoms with E-state index in [-0.39, 0.29) is 17.9 Å². The molecule has 0 N–H and O–H groups in total. The summed E-state index contributed by atoms with van der Waals surface area (Å²) in [6.45, 7) is 0. The molecular formula is C12H7BrF3NO4. The van der Waals surface area contributed by atoms with Crippen LogP contribution in [0.2, 0.25) is 0 Å². The molecule has 1 aromatic carbocycles. The van der Waals surface area contributed by atoms with E-state index in [4.69, 9.17) is 0 Å². The van der Waals surface area contributed by atoms with Crippen molar-refractivity contribution in [1.29, 1.82) is 0 Å². The van der Waals surface area contributed by atoms with Gasteiger partial charge in [-0.1, -0.05) is 6.07 Å². The normalized spacial score (nSPS) is 15.5. The highest BCUT2D eigenvalue weighted by Crippen LogP contribution is 2.36. The Kier molecular flexibility index (Phi) is 4.04. The molecule has 1 saturated heterocycles. The number of nitrogens with zero attached hydrogens (tertiary/aromatic N) is 1. The number of hydrogen-bond donors (Lipinski definition) is 0. The fourth-order valence-corrected chi connectivity index (χ4v) is 2.35. The van der Waals surface area contributed by atoms with Gasteiger partial charge in [0.05, 0.1) is 11.1 Å². The van der Waals surface area contributed by atoms with E-state index >= 15 is 0 Å². The molecule has 2 rings (SSSR count). The van der Waals surface area contributed by atoms with Crippen molar-refractivity contribution < 1.29 is 32.4 Å². The molecule has 1 aromatic rings. The maximum atomic E-state index is 12.7. The molecule has 5 nitrogen and oxygen atoms in total. The third kappa shape index (κ3) is 3.07. The molecule has 0 unspecified atom stereocenters. The number of rotatable bonds is 2. The Morgan fingerprint density at radius 3 is 2.29 bits per heavy atom. The number of carbonyl (C=O) groups is 3. The highest BCUT2D eigenvalue weighted by atomic mass is 79.9. The van der Waals surface area contributed by atoms with Gasteiger partial charge in [-0.05, 0) is 28.1 Å². The summed E-state index contributed by atoms with van der Waals surface area (Å²) in [6, 6.07) is 2.90. The molecule has 0 saturated carbocycles. The molecule has 0 atom stereocenters. The number of alkyl halides is 3. The van der Waals surface area contributed by atoms with Crippen LogP contribution in [0.25, 0.3) is 0 Å². The van der Waals surface area contributed by atoms with Gasteiger partial charge in [0.2, 0.25) is 0 Å². The van der Waals surface area contributed by atoms with Crippen LogP contribution in [0.3, 0.4) is 0 Å². The average molecular weight is 366 g/mol. The Labute approximate surface area is 124 Å². The first-order valence-corrected chi connectivity index (χ1v) is 6.45. The molecule has 0 aliphatic carbocycles. The fourth-order valence-electron chi connectivity index (χ4n) is 1.70. The van der Waals surface area contributed by atoms with Crippen LogP contribution >= 0.6 is 15.9 Å². The molecule has 21 heavy (non-hydrogen) atoms. The summed E-state index contributed by atoms with van der Waals surface area (Å²) in [5.74, 6) is -2.65. The molecule has 1 heterocycles. The van der Waals surface area contributed by atoms with Crippen molar-refractivity contribution in [3.05, 3.63) is 33.8 Å². The zero-order valence-corrected chi connectivity index (χ0v) is 11.8. The Hall–Kier alpha value is -1.90. The molecule has 0 radical (unpaired) electrons. The molecule has 2 amide bonds. The number of imide groups is 1. The van der Waals surface area contributed by atoms with Crippen molar-refractivity contribution in [1.82, 2.24) is 5.06 Å². The Morgan fingerprint density at radius 1 is 1.19 bits per heavy atom. The summed E-state index contributed by atoms with van der Waals surface area (Å²) in [7, 11) is 0. The number of hydrogen-bond acceptors (Lipinski definition) is 4. The van der Waals surface area contributed by atoms with Gasteiger partial charge in [-0.15, -0.1) is 5.06 Å². The predicted octanol–water partition coefficient (Wildman–Crippen LogP) is 2.69. The molecule has 1 aliphatic rings. The molecule has 0 spiro atoms. The lowest BCUT2D eigenvalue weighted by Gasteiger charge is -2.15. The SMILES string of the molecule is O=C(ON1C(=O)CCC1=O)c1cccc(C(F)(F)F)c1Br. The van der Waals surface area contributed by atoms with Crippen LogP contribution in [0.1, 0.15) is 28.8 Å². The van der Waals surface area contributed by atoms with E-state index in [1.807, 2.05) is 0 Å². The predicted molar refractivity (Wildman–Crippen MR) is 65.6 cm³/mol. The maximum absolute atomic E-state index is 12.7. The van der Waals surface area contributed by atoms with E-state index in [1.54, 1.807) is 0 Å². The minimum absolute atomic E-state index is 0.101. The number of benzene rings is 1. The van der Waals surface area contributed by atoms with Crippen molar-refractivity contribution in [2.75, 3.05) is 0 Å². The van der Waals surface area contributed by atoms with E-state index < -0.39 is 39.6 Å². The monoisotopic (exact) mass is 365 g/mol. The molecular weight excluding hydrogens is 359 g/mol. The van der Waals surface area contributed by atoms with Gasteiger partial charge in [0, 0.05) is 17.3 Å². The second-order valence-corrected chi connectivity index (χ2v) is 4.92. The first-order chi connectivity index (χ1) is 9.71. The fraction of sp³-hybridized carbons (Fsp3) is 0.250. The maximum Gasteiger partial charge on any atom is 0.417 e. The number of amides is 2. The second kappa shape index (κ2) is 5.47. The van der Waals surface area contributed by atoms with E-state index in [9.17, 15) is 27.6 Å². The summed E-state index contributed by atoms with van der Waals surface area (Å²) in [4.78, 5) is 39.0. The number of carbonyl (C=O) groups excluding carboxylic acids is 3. The Balaban J connectivity index is 2.28. The van der Waals surface area contributed by atoms with Gasteiger partial charge in [-0.3, -0.25) is 9.59 Å². The van der Waals surface area contributed by atoms with Gasteiger partial charge < -0.3 is 4.84 Å². The zero-order valence-electron chi connectivity index (χ0n) is 10.2. The Morgan fingerprint density at radius 2 is 1.76 bits per heavy atom. The van der Waals surface area contributed by atoms with E-state index in [1.165, 1.54) is 0 Å². The van der Waals surface area contributed by atoms with E-state index in [0.717, 1.165) is 18.2 Å². The number of hydroxylamine groups is 2. The summed E-state index contributed by atoms with van der Waals surface area (Å²) in [5.41, 5.74) is -1.49. The first kappa shape index (κ1) is 15.5. The van der Waals surface area contributed by atoms with Crippen LogP contribution in [0.5, 0.6) is 0 Å². The van der Waals surface area contributed by atoms with Gasteiger partial charge in [-0.25, -0.2) is 4.79 Å². The third-order valence-electron chi connectivity index (χ3n) is 2.70. The molecule has 9 heteroatoms. The average Bonchev–Trinajstić information content (AvgIpc) is 2.69. The lowest BCUT2D eigenvalue weighted by Crippen LogP contribution is -2.32. The van der Waals surface area contributed by atoms with E-state index in [0.29, 0.717) is 0 Å². The van der Waals surface area contributed by atoms with Gasteiger partial charge >= 0.3 is 12.1 Å². The third-order valence-corrected chi connectivity index (χ3v) is 3.56. The van der Waals surface area contributed by atoms with Crippen LogP contribution in [0.15, 0.2) is 22.7 Å². The molecule has 112 valence electrons. The number of halogens is 4. The smallest absolute Gasteiger partial charge is 0.325 e. The summed E-state index contributed by atoms with van der Waals surface area (Å²) < 4.78 is 37.6. The standard InChI is InChI=1S/C12H7BrF3NO4/c13-10-6(2-1-3-7(10)12(14,15)16)11(20)21-17-8(18)4-5-9(17)19/h1-3H,4-5H2. The van der Waals surface area contributed by atoms with Gasteiger partial charge in [0.15, 0.2) is 0 Å². The Bertz CT molecular complexity index is 613. The second-order valence-electron chi connectivity index (χ2n) is 4.13. The van der Waals surface area contributed by atoms with Gasteiger partial charge in [0.25, 0.3) is 11.8 Å².